The van der Waals surface area contributed by atoms with Gasteiger partial charge in [-0.05, 0) is 36.2 Å². The van der Waals surface area contributed by atoms with E-state index in [4.69, 9.17) is 0 Å². The van der Waals surface area contributed by atoms with Crippen LogP contribution in [0.2, 0.25) is 0 Å². The van der Waals surface area contributed by atoms with Crippen LogP contribution in [-0.4, -0.2) is 17.1 Å². The van der Waals surface area contributed by atoms with Gasteiger partial charge in [0, 0.05) is 11.7 Å². The maximum absolute atomic E-state index is 11.3. The van der Waals surface area contributed by atoms with Gasteiger partial charge in [-0.25, -0.2) is 4.79 Å². The molecule has 94 valence electrons. The second-order valence-electron chi connectivity index (χ2n) is 4.50. The summed E-state index contributed by atoms with van der Waals surface area (Å²) in [6.07, 6.45) is 0.950. The zero-order chi connectivity index (χ0) is 13.1. The van der Waals surface area contributed by atoms with Crippen LogP contribution in [0.1, 0.15) is 30.6 Å². The lowest BCUT2D eigenvalue weighted by atomic mass is 10.0. The van der Waals surface area contributed by atoms with Gasteiger partial charge in [-0.2, -0.15) is 0 Å². The molecule has 1 unspecified atom stereocenters. The number of hydrogen-bond donors (Lipinski definition) is 2. The van der Waals surface area contributed by atoms with Crippen molar-refractivity contribution in [3.63, 3.8) is 0 Å². The van der Waals surface area contributed by atoms with Crippen LogP contribution in [0.5, 0.6) is 0 Å². The van der Waals surface area contributed by atoms with E-state index < -0.39 is 5.97 Å². The van der Waals surface area contributed by atoms with Crippen molar-refractivity contribution < 1.29 is 9.90 Å². The van der Waals surface area contributed by atoms with Crippen LogP contribution in [0.3, 0.4) is 0 Å². The first kappa shape index (κ1) is 12.4. The van der Waals surface area contributed by atoms with Gasteiger partial charge in [-0.1, -0.05) is 31.2 Å². The monoisotopic (exact) mass is 243 g/mol. The van der Waals surface area contributed by atoms with E-state index in [-0.39, 0.29) is 6.04 Å². The highest BCUT2D eigenvalue weighted by Crippen LogP contribution is 2.25. The molecule has 18 heavy (non-hydrogen) atoms. The zero-order valence-electron chi connectivity index (χ0n) is 10.6. The summed E-state index contributed by atoms with van der Waals surface area (Å²) >= 11 is 0. The Hall–Kier alpha value is -2.03. The molecule has 0 aliphatic carbocycles. The number of anilines is 1. The van der Waals surface area contributed by atoms with Gasteiger partial charge < -0.3 is 10.4 Å². The maximum atomic E-state index is 11.3. The Morgan fingerprint density at radius 3 is 2.44 bits per heavy atom. The molecule has 0 amide bonds. The van der Waals surface area contributed by atoms with Crippen molar-refractivity contribution in [1.29, 1.82) is 0 Å². The third kappa shape index (κ3) is 2.45. The van der Waals surface area contributed by atoms with E-state index >= 15 is 0 Å². The summed E-state index contributed by atoms with van der Waals surface area (Å²) in [6.45, 7) is 4.11. The minimum atomic E-state index is -0.897. The lowest BCUT2D eigenvalue weighted by Gasteiger charge is -2.16. The molecular weight excluding hydrogens is 226 g/mol. The fourth-order valence-corrected chi connectivity index (χ4v) is 1.90. The number of carboxylic acids is 1. The minimum Gasteiger partial charge on any atom is -0.478 e. The number of aromatic carboxylic acids is 1. The van der Waals surface area contributed by atoms with Gasteiger partial charge in [0.25, 0.3) is 0 Å². The third-order valence-corrected chi connectivity index (χ3v) is 3.13. The van der Waals surface area contributed by atoms with Gasteiger partial charge in [-0.3, -0.25) is 0 Å². The SMILES string of the molecule is CCC(C)Nc1cc2ccccc2cc1C(=O)O. The summed E-state index contributed by atoms with van der Waals surface area (Å²) in [5.74, 6) is -0.897. The van der Waals surface area contributed by atoms with Crippen LogP contribution < -0.4 is 5.32 Å². The summed E-state index contributed by atoms with van der Waals surface area (Å²) < 4.78 is 0. The average Bonchev–Trinajstić information content (AvgIpc) is 2.37. The normalized spacial score (nSPS) is 12.3. The van der Waals surface area contributed by atoms with Gasteiger partial charge in [0.1, 0.15) is 0 Å². The smallest absolute Gasteiger partial charge is 0.337 e. The lowest BCUT2D eigenvalue weighted by Crippen LogP contribution is -2.16. The number of benzene rings is 2. The molecule has 2 N–H and O–H groups in total. The van der Waals surface area contributed by atoms with Crippen molar-refractivity contribution in [1.82, 2.24) is 0 Å². The predicted octanol–water partition coefficient (Wildman–Crippen LogP) is 3.75. The third-order valence-electron chi connectivity index (χ3n) is 3.13. The van der Waals surface area contributed by atoms with Gasteiger partial charge in [0.15, 0.2) is 0 Å². The molecule has 0 aromatic heterocycles. The van der Waals surface area contributed by atoms with Crippen molar-refractivity contribution in [2.24, 2.45) is 0 Å². The summed E-state index contributed by atoms with van der Waals surface area (Å²) in [7, 11) is 0. The Kier molecular flexibility index (Phi) is 3.51. The van der Waals surface area contributed by atoms with Crippen LogP contribution in [0.4, 0.5) is 5.69 Å². The standard InChI is InChI=1S/C15H17NO2/c1-3-10(2)16-14-9-12-7-5-4-6-11(12)8-13(14)15(17)18/h4-10,16H,3H2,1-2H3,(H,17,18). The van der Waals surface area contributed by atoms with E-state index in [2.05, 4.69) is 12.2 Å². The zero-order valence-corrected chi connectivity index (χ0v) is 10.6. The second kappa shape index (κ2) is 5.08. The number of fused-ring (bicyclic) bond motifs is 1. The molecule has 2 aromatic rings. The fraction of sp³-hybridized carbons (Fsp3) is 0.267. The first-order chi connectivity index (χ1) is 8.61. The molecule has 2 rings (SSSR count). The molecule has 0 aliphatic rings. The first-order valence-electron chi connectivity index (χ1n) is 6.14. The van der Waals surface area contributed by atoms with Gasteiger partial charge in [0.2, 0.25) is 0 Å². The number of carbonyl (C=O) groups is 1. The predicted molar refractivity (Wildman–Crippen MR) is 74.3 cm³/mol. The van der Waals surface area contributed by atoms with E-state index in [0.29, 0.717) is 11.3 Å². The first-order valence-corrected chi connectivity index (χ1v) is 6.14. The largest absolute Gasteiger partial charge is 0.478 e. The molecule has 0 heterocycles. The van der Waals surface area contributed by atoms with Gasteiger partial charge in [-0.15, -0.1) is 0 Å². The number of rotatable bonds is 4. The topological polar surface area (TPSA) is 49.3 Å². The van der Waals surface area contributed by atoms with Gasteiger partial charge >= 0.3 is 5.97 Å². The Balaban J connectivity index is 2.54. The van der Waals surface area contributed by atoms with Crippen LogP contribution in [0.25, 0.3) is 10.8 Å². The van der Waals surface area contributed by atoms with E-state index in [1.165, 1.54) is 0 Å². The van der Waals surface area contributed by atoms with E-state index in [9.17, 15) is 9.90 Å². The highest BCUT2D eigenvalue weighted by molar-refractivity contribution is 6.00. The molecule has 0 saturated heterocycles. The molecule has 3 heteroatoms. The maximum Gasteiger partial charge on any atom is 0.337 e. The molecule has 3 nitrogen and oxygen atoms in total. The van der Waals surface area contributed by atoms with Crippen LogP contribution in [0, 0.1) is 0 Å². The highest BCUT2D eigenvalue weighted by atomic mass is 16.4. The van der Waals surface area contributed by atoms with Crippen LogP contribution >= 0.6 is 0 Å². The summed E-state index contributed by atoms with van der Waals surface area (Å²) in [6, 6.07) is 11.7. The van der Waals surface area contributed by atoms with Crippen LogP contribution in [-0.2, 0) is 0 Å². The molecular formula is C15H17NO2. The van der Waals surface area contributed by atoms with Crippen molar-refractivity contribution in [2.45, 2.75) is 26.3 Å². The Labute approximate surface area is 106 Å². The minimum absolute atomic E-state index is 0.254. The molecule has 2 aromatic carbocycles. The van der Waals surface area contributed by atoms with Crippen molar-refractivity contribution >= 4 is 22.4 Å². The molecule has 1 atom stereocenters. The molecule has 0 aliphatic heterocycles. The Morgan fingerprint density at radius 2 is 1.89 bits per heavy atom. The summed E-state index contributed by atoms with van der Waals surface area (Å²) in [4.78, 5) is 11.3. The Morgan fingerprint density at radius 1 is 1.28 bits per heavy atom. The quantitative estimate of drug-likeness (QED) is 0.859. The summed E-state index contributed by atoms with van der Waals surface area (Å²) in [5, 5.41) is 14.5. The van der Waals surface area contributed by atoms with E-state index in [1.807, 2.05) is 37.3 Å². The van der Waals surface area contributed by atoms with Gasteiger partial charge in [0.05, 0.1) is 5.56 Å². The highest BCUT2D eigenvalue weighted by Gasteiger charge is 2.12. The molecule has 0 spiro atoms. The number of nitrogens with one attached hydrogen (secondary N) is 1. The number of hydrogen-bond acceptors (Lipinski definition) is 2. The van der Waals surface area contributed by atoms with Crippen molar-refractivity contribution in [2.75, 3.05) is 5.32 Å². The average molecular weight is 243 g/mol. The summed E-state index contributed by atoms with van der Waals surface area (Å²) in [5.41, 5.74) is 1.02. The molecule has 0 bridgehead atoms. The lowest BCUT2D eigenvalue weighted by molar-refractivity contribution is 0.0698. The number of carboxylic acid groups (broad SMARTS) is 1. The second-order valence-corrected chi connectivity index (χ2v) is 4.50. The van der Waals surface area contributed by atoms with E-state index in [1.54, 1.807) is 6.07 Å². The molecule has 0 fully saturated rings. The van der Waals surface area contributed by atoms with Crippen molar-refractivity contribution in [3.05, 3.63) is 42.0 Å². The Bertz CT molecular complexity index is 578. The molecule has 0 radical (unpaired) electrons. The van der Waals surface area contributed by atoms with Crippen molar-refractivity contribution in [3.8, 4) is 0 Å². The van der Waals surface area contributed by atoms with Crippen LogP contribution in [0.15, 0.2) is 36.4 Å². The molecule has 0 saturated carbocycles. The van der Waals surface area contributed by atoms with E-state index in [0.717, 1.165) is 17.2 Å². The fourth-order valence-electron chi connectivity index (χ4n) is 1.90.